The van der Waals surface area contributed by atoms with Gasteiger partial charge in [0.15, 0.2) is 5.76 Å². The van der Waals surface area contributed by atoms with Crippen molar-refractivity contribution >= 4 is 15.8 Å². The Kier molecular flexibility index (Phi) is 2.18. The van der Waals surface area contributed by atoms with Crippen molar-refractivity contribution in [3.05, 3.63) is 35.6 Å². The predicted octanol–water partition coefficient (Wildman–Crippen LogP) is 1.69. The fourth-order valence-corrected chi connectivity index (χ4v) is 1.78. The molecule has 0 atom stereocenters. The molecule has 2 aliphatic rings. The molecular formula is C10H11O2Si. The van der Waals surface area contributed by atoms with Gasteiger partial charge in [-0.05, 0) is 17.6 Å². The van der Waals surface area contributed by atoms with E-state index in [1.54, 1.807) is 0 Å². The fraction of sp³-hybridized carbons (Fsp3) is 0.300. The van der Waals surface area contributed by atoms with Crippen LogP contribution in [0.1, 0.15) is 13.8 Å². The van der Waals surface area contributed by atoms with Gasteiger partial charge in [-0.15, -0.1) is 0 Å². The molecule has 0 amide bonds. The molecule has 0 aromatic heterocycles. The predicted molar refractivity (Wildman–Crippen MR) is 52.0 cm³/mol. The minimum atomic E-state index is 0.119. The summed E-state index contributed by atoms with van der Waals surface area (Å²) < 4.78 is 10.7. The maximum Gasteiger partial charge on any atom is 0.424 e. The van der Waals surface area contributed by atoms with Gasteiger partial charge in [0.2, 0.25) is 0 Å². The Hall–Kier alpha value is -1.09. The lowest BCUT2D eigenvalue weighted by Gasteiger charge is -2.05. The first-order valence-electron chi connectivity index (χ1n) is 4.33. The van der Waals surface area contributed by atoms with E-state index in [0.29, 0.717) is 5.92 Å². The molecule has 0 saturated heterocycles. The molecule has 0 unspecified atom stereocenters. The third-order valence-corrected chi connectivity index (χ3v) is 2.65. The highest BCUT2D eigenvalue weighted by Gasteiger charge is 2.20. The third kappa shape index (κ3) is 1.65. The summed E-state index contributed by atoms with van der Waals surface area (Å²) in [5.41, 5.74) is 1.27. The van der Waals surface area contributed by atoms with Gasteiger partial charge >= 0.3 is 15.8 Å². The molecule has 3 heteroatoms. The molecular weight excluding hydrogens is 180 g/mol. The van der Waals surface area contributed by atoms with Gasteiger partial charge in [-0.3, -0.25) is 0 Å². The molecule has 1 aliphatic heterocycles. The Morgan fingerprint density at radius 1 is 1.46 bits per heavy atom. The smallest absolute Gasteiger partial charge is 0.424 e. The Morgan fingerprint density at radius 3 is 3.08 bits per heavy atom. The van der Waals surface area contributed by atoms with Crippen molar-refractivity contribution < 1.29 is 8.54 Å². The topological polar surface area (TPSA) is 20.5 Å². The highest BCUT2D eigenvalue weighted by atomic mass is 28.2. The Bertz CT molecular complexity index is 335. The average molecular weight is 191 g/mol. The van der Waals surface area contributed by atoms with Crippen molar-refractivity contribution in [2.75, 3.05) is 0 Å². The van der Waals surface area contributed by atoms with Crippen molar-refractivity contribution in [2.45, 2.75) is 13.8 Å². The Labute approximate surface area is 80.4 Å². The molecule has 0 N–H and O–H groups in total. The number of carbonyl (C=O) groups excluding carboxylic acids is 1. The van der Waals surface area contributed by atoms with Crippen LogP contribution in [0.3, 0.4) is 0 Å². The van der Waals surface area contributed by atoms with Crippen molar-refractivity contribution in [2.24, 2.45) is 5.92 Å². The zero-order valence-electron chi connectivity index (χ0n) is 7.70. The van der Waals surface area contributed by atoms with Gasteiger partial charge in [-0.25, -0.2) is 0 Å². The quantitative estimate of drug-likeness (QED) is 0.456. The third-order valence-electron chi connectivity index (χ3n) is 2.05. The molecule has 0 aromatic carbocycles. The Morgan fingerprint density at radius 2 is 2.31 bits per heavy atom. The second-order valence-electron chi connectivity index (χ2n) is 3.34. The van der Waals surface area contributed by atoms with E-state index >= 15 is 0 Å². The summed E-state index contributed by atoms with van der Waals surface area (Å²) in [5.74, 6) is 2.24. The molecule has 1 heterocycles. The first-order valence-corrected chi connectivity index (χ1v) is 5.15. The monoisotopic (exact) mass is 191 g/mol. The molecule has 13 heavy (non-hydrogen) atoms. The van der Waals surface area contributed by atoms with Gasteiger partial charge in [0, 0.05) is 6.08 Å². The number of ketones is 1. The summed E-state index contributed by atoms with van der Waals surface area (Å²) >= 11 is 0. The van der Waals surface area contributed by atoms with E-state index in [9.17, 15) is 0 Å². The minimum absolute atomic E-state index is 0.119. The van der Waals surface area contributed by atoms with Crippen LogP contribution < -0.4 is 0 Å². The van der Waals surface area contributed by atoms with Gasteiger partial charge in [-0.1, -0.05) is 26.0 Å². The summed E-state index contributed by atoms with van der Waals surface area (Å²) in [6.07, 6.45) is 8.10. The van der Waals surface area contributed by atoms with Crippen LogP contribution in [0.25, 0.3) is 0 Å². The molecule has 1 radical (unpaired) electrons. The van der Waals surface area contributed by atoms with Crippen LogP contribution >= 0.6 is 0 Å². The lowest BCUT2D eigenvalue weighted by molar-refractivity contribution is -0.287. The van der Waals surface area contributed by atoms with Crippen LogP contribution in [-0.2, 0) is 8.54 Å². The lowest BCUT2D eigenvalue weighted by Crippen LogP contribution is -1.97. The normalized spacial score (nSPS) is 19.5. The largest absolute Gasteiger partial charge is 0.624 e. The van der Waals surface area contributed by atoms with Crippen LogP contribution in [0.15, 0.2) is 35.6 Å². The fourth-order valence-electron chi connectivity index (χ4n) is 1.23. The van der Waals surface area contributed by atoms with Crippen molar-refractivity contribution in [3.8, 4) is 0 Å². The minimum Gasteiger partial charge on any atom is -0.624 e. The summed E-state index contributed by atoms with van der Waals surface area (Å²) in [7, 11) is 0.119. The van der Waals surface area contributed by atoms with Crippen molar-refractivity contribution in [1.82, 2.24) is 0 Å². The maximum absolute atomic E-state index is 5.35. The van der Waals surface area contributed by atoms with Crippen LogP contribution in [0, 0.1) is 5.92 Å². The summed E-state index contributed by atoms with van der Waals surface area (Å²) in [5, 5.41) is 0. The molecule has 1 aliphatic carbocycles. The molecule has 67 valence electrons. The lowest BCUT2D eigenvalue weighted by atomic mass is 10.0. The molecule has 0 bridgehead atoms. The van der Waals surface area contributed by atoms with Gasteiger partial charge in [0.25, 0.3) is 0 Å². The first-order chi connectivity index (χ1) is 6.27. The van der Waals surface area contributed by atoms with E-state index in [-0.39, 0.29) is 10.0 Å². The molecule has 0 spiro atoms. The number of rotatable bonds is 1. The summed E-state index contributed by atoms with van der Waals surface area (Å²) in [6, 6.07) is 0. The second-order valence-corrected chi connectivity index (χ2v) is 3.92. The van der Waals surface area contributed by atoms with E-state index in [1.807, 2.05) is 12.2 Å². The van der Waals surface area contributed by atoms with E-state index < -0.39 is 0 Å². The van der Waals surface area contributed by atoms with E-state index in [2.05, 4.69) is 26.0 Å². The molecule has 0 fully saturated rings. The number of allylic oxidation sites excluding steroid dienone is 5. The maximum atomic E-state index is 5.35. The van der Waals surface area contributed by atoms with Crippen LogP contribution in [-0.4, -0.2) is 15.8 Å². The van der Waals surface area contributed by atoms with E-state index in [1.165, 1.54) is 5.57 Å². The number of hydrogen-bond donors (Lipinski definition) is 0. The second kappa shape index (κ2) is 3.34. The van der Waals surface area contributed by atoms with Crippen molar-refractivity contribution in [1.29, 1.82) is 0 Å². The molecule has 2 rings (SSSR count). The standard InChI is InChI=1S/C10H11O2Si/c1-7(2)8-4-3-5-9-10(6-8)12-13-11-9/h3-7H,1-2H3. The van der Waals surface area contributed by atoms with Crippen LogP contribution in [0.5, 0.6) is 0 Å². The zero-order valence-corrected chi connectivity index (χ0v) is 8.70. The highest BCUT2D eigenvalue weighted by molar-refractivity contribution is 6.25. The SMILES string of the molecule is CC(C)C1=CC=CC2=[O+][Si-]OC2=C1. The average Bonchev–Trinajstić information content (AvgIpc) is 2.42. The van der Waals surface area contributed by atoms with Gasteiger partial charge in [-0.2, -0.15) is 0 Å². The zero-order chi connectivity index (χ0) is 9.26. The molecule has 0 aromatic rings. The van der Waals surface area contributed by atoms with Gasteiger partial charge in [0.05, 0.1) is 0 Å². The first kappa shape index (κ1) is 8.50. The highest BCUT2D eigenvalue weighted by Crippen LogP contribution is 2.19. The van der Waals surface area contributed by atoms with Crippen LogP contribution in [0.4, 0.5) is 0 Å². The van der Waals surface area contributed by atoms with E-state index in [0.717, 1.165) is 11.5 Å². The molecule has 0 saturated carbocycles. The summed E-state index contributed by atoms with van der Waals surface area (Å²) in [4.78, 5) is 0. The number of hydrogen-bond acceptors (Lipinski definition) is 1. The van der Waals surface area contributed by atoms with E-state index in [4.69, 9.17) is 8.54 Å². The van der Waals surface area contributed by atoms with Gasteiger partial charge < -0.3 is 8.54 Å². The van der Waals surface area contributed by atoms with Crippen molar-refractivity contribution in [3.63, 3.8) is 0 Å². The van der Waals surface area contributed by atoms with Crippen LogP contribution in [0.2, 0.25) is 0 Å². The summed E-state index contributed by atoms with van der Waals surface area (Å²) in [6.45, 7) is 4.33. The van der Waals surface area contributed by atoms with Gasteiger partial charge in [0.1, 0.15) is 0 Å². The Balaban J connectivity index is 2.35. The molecule has 2 nitrogen and oxygen atoms in total. The number of fused-ring (bicyclic) bond motifs is 1.